The number of anilines is 1. The summed E-state index contributed by atoms with van der Waals surface area (Å²) < 4.78 is 3.86. The molecule has 0 atom stereocenters. The highest BCUT2D eigenvalue weighted by molar-refractivity contribution is 7.99. The summed E-state index contributed by atoms with van der Waals surface area (Å²) in [7, 11) is 1.94. The zero-order valence-electron chi connectivity index (χ0n) is 11.3. The third kappa shape index (κ3) is 2.38. The molecule has 2 aromatic heterocycles. The fourth-order valence-electron chi connectivity index (χ4n) is 1.83. The average molecular weight is 265 g/mol. The highest BCUT2D eigenvalue weighted by atomic mass is 32.2. The van der Waals surface area contributed by atoms with Gasteiger partial charge in [-0.3, -0.25) is 9.36 Å². The van der Waals surface area contributed by atoms with Crippen molar-refractivity contribution in [3.8, 4) is 0 Å². The van der Waals surface area contributed by atoms with Gasteiger partial charge in [-0.25, -0.2) is 0 Å². The molecule has 98 valence electrons. The van der Waals surface area contributed by atoms with E-state index in [1.807, 2.05) is 30.3 Å². The molecule has 0 saturated carbocycles. The zero-order chi connectivity index (χ0) is 13.3. The average Bonchev–Trinajstić information content (AvgIpc) is 2.74. The lowest BCUT2D eigenvalue weighted by molar-refractivity contribution is 0.555. The van der Waals surface area contributed by atoms with E-state index in [1.165, 1.54) is 0 Å². The molecule has 6 heteroatoms. The van der Waals surface area contributed by atoms with Crippen molar-refractivity contribution in [2.75, 3.05) is 5.73 Å². The van der Waals surface area contributed by atoms with Crippen LogP contribution >= 0.6 is 11.8 Å². The van der Waals surface area contributed by atoms with Gasteiger partial charge in [-0.15, -0.1) is 0 Å². The lowest BCUT2D eigenvalue weighted by Gasteiger charge is -2.06. The number of hydrogen-bond donors (Lipinski definition) is 1. The van der Waals surface area contributed by atoms with Gasteiger partial charge in [0, 0.05) is 13.6 Å². The van der Waals surface area contributed by atoms with Crippen LogP contribution in [0.15, 0.2) is 16.1 Å². The molecule has 2 aromatic rings. The van der Waals surface area contributed by atoms with Crippen molar-refractivity contribution in [3.63, 3.8) is 0 Å². The second kappa shape index (κ2) is 5.06. The van der Waals surface area contributed by atoms with Crippen LogP contribution in [0.3, 0.4) is 0 Å². The molecular weight excluding hydrogens is 246 g/mol. The Morgan fingerprint density at radius 3 is 2.61 bits per heavy atom. The Bertz CT molecular complexity index is 555. The minimum atomic E-state index is 0.771. The Kier molecular flexibility index (Phi) is 3.65. The van der Waals surface area contributed by atoms with E-state index in [9.17, 15) is 0 Å². The first kappa shape index (κ1) is 13.0. The quantitative estimate of drug-likeness (QED) is 0.922. The molecule has 0 bridgehead atoms. The standard InChI is InChI=1S/C12H19N5S/c1-5-6-17-12(11(13)9(3)15-17)18-10-7-8(2)14-16(10)4/h7H,5-6,13H2,1-4H3. The summed E-state index contributed by atoms with van der Waals surface area (Å²) in [6, 6.07) is 2.06. The summed E-state index contributed by atoms with van der Waals surface area (Å²) >= 11 is 1.62. The first-order chi connectivity index (χ1) is 8.52. The SMILES string of the molecule is CCCn1nc(C)c(N)c1Sc1cc(C)nn1C. The number of aromatic nitrogens is 4. The Morgan fingerprint density at radius 1 is 1.33 bits per heavy atom. The van der Waals surface area contributed by atoms with Crippen LogP contribution in [0.25, 0.3) is 0 Å². The molecule has 0 spiro atoms. The van der Waals surface area contributed by atoms with Crippen LogP contribution in [0.4, 0.5) is 5.69 Å². The van der Waals surface area contributed by atoms with Crippen LogP contribution in [0.1, 0.15) is 24.7 Å². The van der Waals surface area contributed by atoms with Gasteiger partial charge in [0.05, 0.1) is 17.1 Å². The normalized spacial score (nSPS) is 11.1. The van der Waals surface area contributed by atoms with E-state index in [-0.39, 0.29) is 0 Å². The maximum atomic E-state index is 6.10. The first-order valence-electron chi connectivity index (χ1n) is 6.04. The van der Waals surface area contributed by atoms with E-state index in [0.29, 0.717) is 0 Å². The predicted molar refractivity (Wildman–Crippen MR) is 73.7 cm³/mol. The van der Waals surface area contributed by atoms with E-state index >= 15 is 0 Å². The van der Waals surface area contributed by atoms with E-state index in [2.05, 4.69) is 23.2 Å². The van der Waals surface area contributed by atoms with Gasteiger partial charge in [0.15, 0.2) is 0 Å². The Labute approximate surface area is 111 Å². The van der Waals surface area contributed by atoms with Crippen LogP contribution in [-0.4, -0.2) is 19.6 Å². The van der Waals surface area contributed by atoms with Crippen LogP contribution in [0.5, 0.6) is 0 Å². The molecule has 0 radical (unpaired) electrons. The first-order valence-corrected chi connectivity index (χ1v) is 6.86. The Morgan fingerprint density at radius 2 is 2.06 bits per heavy atom. The molecular formula is C12H19N5S. The van der Waals surface area contributed by atoms with Gasteiger partial charge >= 0.3 is 0 Å². The summed E-state index contributed by atoms with van der Waals surface area (Å²) in [5.41, 5.74) is 8.78. The number of nitrogens with two attached hydrogens (primary N) is 1. The smallest absolute Gasteiger partial charge is 0.123 e. The molecule has 0 saturated heterocycles. The summed E-state index contributed by atoms with van der Waals surface area (Å²) in [6.45, 7) is 6.95. The fraction of sp³-hybridized carbons (Fsp3) is 0.500. The molecule has 2 N–H and O–H groups in total. The number of aryl methyl sites for hydroxylation is 4. The summed E-state index contributed by atoms with van der Waals surface area (Å²) in [5, 5.41) is 10.9. The van der Waals surface area contributed by atoms with Gasteiger partial charge in [0.25, 0.3) is 0 Å². The van der Waals surface area contributed by atoms with Crippen molar-refractivity contribution in [1.29, 1.82) is 0 Å². The van der Waals surface area contributed by atoms with Gasteiger partial charge in [-0.05, 0) is 38.1 Å². The van der Waals surface area contributed by atoms with Gasteiger partial charge in [0.2, 0.25) is 0 Å². The minimum absolute atomic E-state index is 0.771. The van der Waals surface area contributed by atoms with Crippen LogP contribution in [-0.2, 0) is 13.6 Å². The molecule has 0 fully saturated rings. The largest absolute Gasteiger partial charge is 0.395 e. The highest BCUT2D eigenvalue weighted by Gasteiger charge is 2.15. The van der Waals surface area contributed by atoms with E-state index in [0.717, 1.165) is 40.1 Å². The Balaban J connectivity index is 2.35. The lowest BCUT2D eigenvalue weighted by atomic mass is 10.4. The molecule has 0 aliphatic carbocycles. The van der Waals surface area contributed by atoms with Crippen molar-refractivity contribution < 1.29 is 0 Å². The van der Waals surface area contributed by atoms with Crippen molar-refractivity contribution >= 4 is 17.4 Å². The summed E-state index contributed by atoms with van der Waals surface area (Å²) in [6.07, 6.45) is 1.04. The van der Waals surface area contributed by atoms with Crippen LogP contribution in [0, 0.1) is 13.8 Å². The fourth-order valence-corrected chi connectivity index (χ4v) is 2.92. The predicted octanol–water partition coefficient (Wildman–Crippen LogP) is 2.38. The van der Waals surface area contributed by atoms with Gasteiger partial charge in [0.1, 0.15) is 10.1 Å². The number of nitrogens with zero attached hydrogens (tertiary/aromatic N) is 4. The van der Waals surface area contributed by atoms with Gasteiger partial charge in [-0.1, -0.05) is 6.92 Å². The highest BCUT2D eigenvalue weighted by Crippen LogP contribution is 2.33. The van der Waals surface area contributed by atoms with Gasteiger partial charge < -0.3 is 5.73 Å². The molecule has 0 aliphatic heterocycles. The maximum absolute atomic E-state index is 6.10. The number of nitrogen functional groups attached to an aromatic ring is 1. The van der Waals surface area contributed by atoms with E-state index in [4.69, 9.17) is 5.73 Å². The molecule has 0 amide bonds. The third-order valence-electron chi connectivity index (χ3n) is 2.72. The second-order valence-electron chi connectivity index (χ2n) is 4.38. The lowest BCUT2D eigenvalue weighted by Crippen LogP contribution is -2.02. The summed E-state index contributed by atoms with van der Waals surface area (Å²) in [5.74, 6) is 0. The van der Waals surface area contributed by atoms with Crippen molar-refractivity contribution in [2.45, 2.75) is 43.8 Å². The number of hydrogen-bond acceptors (Lipinski definition) is 4. The van der Waals surface area contributed by atoms with E-state index in [1.54, 1.807) is 11.8 Å². The molecule has 2 heterocycles. The topological polar surface area (TPSA) is 61.7 Å². The monoisotopic (exact) mass is 265 g/mol. The molecule has 0 unspecified atom stereocenters. The second-order valence-corrected chi connectivity index (χ2v) is 5.39. The van der Waals surface area contributed by atoms with Gasteiger partial charge in [-0.2, -0.15) is 10.2 Å². The molecule has 18 heavy (non-hydrogen) atoms. The van der Waals surface area contributed by atoms with E-state index < -0.39 is 0 Å². The van der Waals surface area contributed by atoms with Crippen LogP contribution < -0.4 is 5.73 Å². The van der Waals surface area contributed by atoms with Crippen molar-refractivity contribution in [2.24, 2.45) is 7.05 Å². The molecule has 0 aromatic carbocycles. The van der Waals surface area contributed by atoms with Crippen molar-refractivity contribution in [1.82, 2.24) is 19.6 Å². The maximum Gasteiger partial charge on any atom is 0.123 e. The summed E-state index contributed by atoms with van der Waals surface area (Å²) in [4.78, 5) is 0. The third-order valence-corrected chi connectivity index (χ3v) is 3.94. The number of rotatable bonds is 4. The van der Waals surface area contributed by atoms with Crippen LogP contribution in [0.2, 0.25) is 0 Å². The zero-order valence-corrected chi connectivity index (χ0v) is 12.1. The van der Waals surface area contributed by atoms with Crippen molar-refractivity contribution in [3.05, 3.63) is 17.5 Å². The molecule has 0 aliphatic rings. The Hall–Kier alpha value is -1.43. The minimum Gasteiger partial charge on any atom is -0.395 e. The molecule has 5 nitrogen and oxygen atoms in total. The molecule has 2 rings (SSSR count).